The van der Waals surface area contributed by atoms with Gasteiger partial charge in [0, 0.05) is 24.2 Å². The molecule has 2 N–H and O–H groups in total. The Bertz CT molecular complexity index is 533. The van der Waals surface area contributed by atoms with Crippen molar-refractivity contribution >= 4 is 11.7 Å². The highest BCUT2D eigenvalue weighted by atomic mass is 16.5. The number of benzene rings is 1. The van der Waals surface area contributed by atoms with Gasteiger partial charge in [-0.1, -0.05) is 19.8 Å². The number of hydrogen-bond donors (Lipinski definition) is 2. The first-order valence-electron chi connectivity index (χ1n) is 8.19. The third-order valence-corrected chi connectivity index (χ3v) is 4.43. The third-order valence-electron chi connectivity index (χ3n) is 4.43. The van der Waals surface area contributed by atoms with E-state index in [9.17, 15) is 4.79 Å². The molecule has 22 heavy (non-hydrogen) atoms. The van der Waals surface area contributed by atoms with E-state index < -0.39 is 0 Å². The van der Waals surface area contributed by atoms with Crippen LogP contribution in [0, 0.1) is 5.92 Å². The van der Waals surface area contributed by atoms with Gasteiger partial charge in [0.2, 0.25) is 0 Å². The molecule has 1 fully saturated rings. The SMILES string of the molecule is CC1CCCCC1NC(=O)Nc1ccc2c(c1)OCCCO2. The van der Waals surface area contributed by atoms with Crippen molar-refractivity contribution in [2.24, 2.45) is 5.92 Å². The van der Waals surface area contributed by atoms with E-state index in [4.69, 9.17) is 9.47 Å². The summed E-state index contributed by atoms with van der Waals surface area (Å²) in [7, 11) is 0. The molecular weight excluding hydrogens is 280 g/mol. The fraction of sp³-hybridized carbons (Fsp3) is 0.588. The smallest absolute Gasteiger partial charge is 0.319 e. The Morgan fingerprint density at radius 1 is 1.09 bits per heavy atom. The summed E-state index contributed by atoms with van der Waals surface area (Å²) in [4.78, 5) is 12.2. The van der Waals surface area contributed by atoms with Crippen LogP contribution in [-0.4, -0.2) is 25.3 Å². The van der Waals surface area contributed by atoms with Gasteiger partial charge < -0.3 is 20.1 Å². The van der Waals surface area contributed by atoms with Crippen molar-refractivity contribution in [1.29, 1.82) is 0 Å². The van der Waals surface area contributed by atoms with Crippen LogP contribution < -0.4 is 20.1 Å². The highest BCUT2D eigenvalue weighted by Crippen LogP contribution is 2.32. The first-order valence-corrected chi connectivity index (χ1v) is 8.19. The highest BCUT2D eigenvalue weighted by molar-refractivity contribution is 5.89. The monoisotopic (exact) mass is 304 g/mol. The summed E-state index contributed by atoms with van der Waals surface area (Å²) in [6, 6.07) is 5.64. The minimum absolute atomic E-state index is 0.145. The Morgan fingerprint density at radius 3 is 2.68 bits per heavy atom. The number of fused-ring (bicyclic) bond motifs is 1. The molecule has 3 rings (SSSR count). The third kappa shape index (κ3) is 3.64. The zero-order valence-electron chi connectivity index (χ0n) is 13.1. The molecule has 1 saturated carbocycles. The fourth-order valence-corrected chi connectivity index (χ4v) is 3.11. The van der Waals surface area contributed by atoms with E-state index in [-0.39, 0.29) is 12.1 Å². The van der Waals surface area contributed by atoms with Crippen molar-refractivity contribution in [3.05, 3.63) is 18.2 Å². The van der Waals surface area contributed by atoms with Crippen LogP contribution in [0.3, 0.4) is 0 Å². The van der Waals surface area contributed by atoms with E-state index in [0.717, 1.165) is 24.3 Å². The Morgan fingerprint density at radius 2 is 1.86 bits per heavy atom. The van der Waals surface area contributed by atoms with Crippen molar-refractivity contribution in [3.63, 3.8) is 0 Å². The minimum Gasteiger partial charge on any atom is -0.490 e. The maximum atomic E-state index is 12.2. The molecule has 2 atom stereocenters. The molecule has 0 radical (unpaired) electrons. The Labute approximate surface area is 131 Å². The zero-order valence-corrected chi connectivity index (χ0v) is 13.1. The van der Waals surface area contributed by atoms with Gasteiger partial charge in [-0.3, -0.25) is 0 Å². The summed E-state index contributed by atoms with van der Waals surface area (Å²) in [6.45, 7) is 3.51. The van der Waals surface area contributed by atoms with Crippen LogP contribution in [0.15, 0.2) is 18.2 Å². The van der Waals surface area contributed by atoms with Crippen LogP contribution in [0.25, 0.3) is 0 Å². The summed E-state index contributed by atoms with van der Waals surface area (Å²) < 4.78 is 11.2. The number of nitrogens with one attached hydrogen (secondary N) is 2. The molecule has 2 amide bonds. The van der Waals surface area contributed by atoms with E-state index in [1.807, 2.05) is 18.2 Å². The standard InChI is InChI=1S/C17H24N2O3/c1-12-5-2-3-6-14(12)19-17(20)18-13-7-8-15-16(11-13)22-10-4-9-21-15/h7-8,11-12,14H,2-6,9-10H2,1H3,(H2,18,19,20). The van der Waals surface area contributed by atoms with Crippen molar-refractivity contribution in [2.75, 3.05) is 18.5 Å². The number of rotatable bonds is 2. The van der Waals surface area contributed by atoms with Gasteiger partial charge in [-0.15, -0.1) is 0 Å². The van der Waals surface area contributed by atoms with Crippen LogP contribution in [0.1, 0.15) is 39.0 Å². The molecule has 1 aromatic carbocycles. The van der Waals surface area contributed by atoms with Crippen LogP contribution in [0.2, 0.25) is 0 Å². The van der Waals surface area contributed by atoms with Crippen LogP contribution in [-0.2, 0) is 0 Å². The van der Waals surface area contributed by atoms with Crippen molar-refractivity contribution in [1.82, 2.24) is 5.32 Å². The van der Waals surface area contributed by atoms with E-state index >= 15 is 0 Å². The molecule has 0 saturated heterocycles. The molecule has 1 aliphatic carbocycles. The average molecular weight is 304 g/mol. The molecule has 0 aromatic heterocycles. The van der Waals surface area contributed by atoms with Crippen molar-refractivity contribution in [3.8, 4) is 11.5 Å². The number of anilines is 1. The highest BCUT2D eigenvalue weighted by Gasteiger charge is 2.22. The molecule has 1 heterocycles. The van der Waals surface area contributed by atoms with E-state index in [2.05, 4.69) is 17.6 Å². The van der Waals surface area contributed by atoms with Crippen molar-refractivity contribution < 1.29 is 14.3 Å². The molecule has 0 spiro atoms. The van der Waals surface area contributed by atoms with Crippen LogP contribution in [0.4, 0.5) is 10.5 Å². The van der Waals surface area contributed by atoms with Gasteiger partial charge in [0.1, 0.15) is 0 Å². The summed E-state index contributed by atoms with van der Waals surface area (Å²) >= 11 is 0. The number of hydrogen-bond acceptors (Lipinski definition) is 3. The van der Waals surface area contributed by atoms with Gasteiger partial charge in [0.05, 0.1) is 13.2 Å². The topological polar surface area (TPSA) is 59.6 Å². The largest absolute Gasteiger partial charge is 0.490 e. The molecule has 120 valence electrons. The Balaban J connectivity index is 1.60. The number of amides is 2. The van der Waals surface area contributed by atoms with E-state index in [1.165, 1.54) is 19.3 Å². The van der Waals surface area contributed by atoms with Gasteiger partial charge >= 0.3 is 6.03 Å². The first-order chi connectivity index (χ1) is 10.7. The minimum atomic E-state index is -0.145. The Kier molecular flexibility index (Phi) is 4.71. The van der Waals surface area contributed by atoms with Crippen LogP contribution >= 0.6 is 0 Å². The lowest BCUT2D eigenvalue weighted by molar-refractivity contribution is 0.232. The second kappa shape index (κ2) is 6.90. The average Bonchev–Trinajstić information content (AvgIpc) is 2.74. The fourth-order valence-electron chi connectivity index (χ4n) is 3.11. The lowest BCUT2D eigenvalue weighted by Crippen LogP contribution is -2.43. The van der Waals surface area contributed by atoms with Gasteiger partial charge in [0.25, 0.3) is 0 Å². The predicted molar refractivity (Wildman–Crippen MR) is 85.6 cm³/mol. The molecule has 1 aliphatic heterocycles. The molecular formula is C17H24N2O3. The molecule has 1 aromatic rings. The maximum absolute atomic E-state index is 12.2. The van der Waals surface area contributed by atoms with Crippen LogP contribution in [0.5, 0.6) is 11.5 Å². The Hall–Kier alpha value is -1.91. The summed E-state index contributed by atoms with van der Waals surface area (Å²) in [6.07, 6.45) is 5.59. The van der Waals surface area contributed by atoms with E-state index in [1.54, 1.807) is 0 Å². The lowest BCUT2D eigenvalue weighted by atomic mass is 9.86. The predicted octanol–water partition coefficient (Wildman–Crippen LogP) is 3.55. The quantitative estimate of drug-likeness (QED) is 0.878. The second-order valence-corrected chi connectivity index (χ2v) is 6.18. The molecule has 5 nitrogen and oxygen atoms in total. The normalized spacial score (nSPS) is 24.2. The summed E-state index contributed by atoms with van der Waals surface area (Å²) in [5.41, 5.74) is 0.727. The lowest BCUT2D eigenvalue weighted by Gasteiger charge is -2.29. The van der Waals surface area contributed by atoms with Gasteiger partial charge in [-0.25, -0.2) is 4.79 Å². The molecule has 2 unspecified atom stereocenters. The summed E-state index contributed by atoms with van der Waals surface area (Å²) in [5.74, 6) is 1.98. The van der Waals surface area contributed by atoms with E-state index in [0.29, 0.717) is 24.9 Å². The molecule has 5 heteroatoms. The second-order valence-electron chi connectivity index (χ2n) is 6.18. The zero-order chi connectivity index (χ0) is 15.4. The first kappa shape index (κ1) is 15.0. The number of carbonyl (C=O) groups is 1. The molecule has 0 bridgehead atoms. The number of ether oxygens (including phenoxy) is 2. The van der Waals surface area contributed by atoms with Gasteiger partial charge in [-0.05, 0) is 30.9 Å². The summed E-state index contributed by atoms with van der Waals surface area (Å²) in [5, 5.41) is 5.98. The van der Waals surface area contributed by atoms with Crippen molar-refractivity contribution in [2.45, 2.75) is 45.1 Å². The van der Waals surface area contributed by atoms with Gasteiger partial charge in [0.15, 0.2) is 11.5 Å². The van der Waals surface area contributed by atoms with Gasteiger partial charge in [-0.2, -0.15) is 0 Å². The molecule has 2 aliphatic rings. The number of carbonyl (C=O) groups excluding carboxylic acids is 1. The maximum Gasteiger partial charge on any atom is 0.319 e. The number of urea groups is 1.